The van der Waals surface area contributed by atoms with E-state index in [2.05, 4.69) is 41.9 Å². The predicted molar refractivity (Wildman–Crippen MR) is 91.9 cm³/mol. The summed E-state index contributed by atoms with van der Waals surface area (Å²) in [6, 6.07) is 0.859. The van der Waals surface area contributed by atoms with E-state index in [-0.39, 0.29) is 6.42 Å². The Morgan fingerprint density at radius 2 is 1.91 bits per heavy atom. The second-order valence-corrected chi connectivity index (χ2v) is 5.99. The number of allylic oxidation sites excluding steroid dienone is 2. The van der Waals surface area contributed by atoms with Gasteiger partial charge in [-0.2, -0.15) is 0 Å². The van der Waals surface area contributed by atoms with Gasteiger partial charge in [-0.05, 0) is 32.1 Å². The minimum Gasteiger partial charge on any atom is -0.481 e. The number of carboxylic acid groups (broad SMARTS) is 1. The SMILES string of the molecule is CCCCCCC=C[C@H]1NCN[C@@H]1CC=CCCCC(=O)O. The van der Waals surface area contributed by atoms with Crippen LogP contribution in [0.1, 0.15) is 64.7 Å². The third-order valence-corrected chi connectivity index (χ3v) is 4.02. The quantitative estimate of drug-likeness (QED) is 0.381. The minimum absolute atomic E-state index is 0.261. The van der Waals surface area contributed by atoms with Gasteiger partial charge in [-0.15, -0.1) is 0 Å². The maximum absolute atomic E-state index is 10.4. The lowest BCUT2D eigenvalue weighted by molar-refractivity contribution is -0.137. The molecule has 0 radical (unpaired) electrons. The van der Waals surface area contributed by atoms with Gasteiger partial charge >= 0.3 is 5.97 Å². The number of aliphatic carboxylic acids is 1. The molecule has 1 fully saturated rings. The molecular weight excluding hydrogens is 276 g/mol. The molecule has 0 unspecified atom stereocenters. The average molecular weight is 308 g/mol. The van der Waals surface area contributed by atoms with Crippen LogP contribution < -0.4 is 10.6 Å². The van der Waals surface area contributed by atoms with Gasteiger partial charge in [0, 0.05) is 25.2 Å². The van der Waals surface area contributed by atoms with Crippen molar-refractivity contribution < 1.29 is 9.90 Å². The van der Waals surface area contributed by atoms with Crippen molar-refractivity contribution in [3.05, 3.63) is 24.3 Å². The number of carboxylic acids is 1. The second kappa shape index (κ2) is 12.4. The summed E-state index contributed by atoms with van der Waals surface area (Å²) < 4.78 is 0. The third kappa shape index (κ3) is 9.00. The normalized spacial score (nSPS) is 22.0. The van der Waals surface area contributed by atoms with Crippen LogP contribution in [0.25, 0.3) is 0 Å². The molecule has 22 heavy (non-hydrogen) atoms. The van der Waals surface area contributed by atoms with Crippen LogP contribution in [0.15, 0.2) is 24.3 Å². The Balaban J connectivity index is 2.15. The standard InChI is InChI=1S/C18H32N2O2/c1-2-3-4-5-6-9-12-16-17(20-15-19-16)13-10-7-8-11-14-18(21)22/h7,9-10,12,16-17,19-20H,2-6,8,11,13-15H2,1H3,(H,21,22)/t16-,17-/m1/s1. The Labute approximate surface area is 135 Å². The molecule has 0 saturated carbocycles. The maximum atomic E-state index is 10.4. The summed E-state index contributed by atoms with van der Waals surface area (Å²) in [6.07, 6.45) is 18.1. The minimum atomic E-state index is -0.709. The highest BCUT2D eigenvalue weighted by Gasteiger charge is 2.22. The molecule has 1 rings (SSSR count). The van der Waals surface area contributed by atoms with Crippen molar-refractivity contribution in [1.29, 1.82) is 0 Å². The zero-order valence-corrected chi connectivity index (χ0v) is 13.9. The van der Waals surface area contributed by atoms with E-state index in [0.717, 1.165) is 25.9 Å². The molecule has 126 valence electrons. The van der Waals surface area contributed by atoms with Crippen LogP contribution in [0.2, 0.25) is 0 Å². The van der Waals surface area contributed by atoms with Gasteiger partial charge in [0.05, 0.1) is 0 Å². The highest BCUT2D eigenvalue weighted by atomic mass is 16.4. The van der Waals surface area contributed by atoms with Gasteiger partial charge in [0.1, 0.15) is 0 Å². The van der Waals surface area contributed by atoms with Crippen molar-refractivity contribution in [2.75, 3.05) is 6.67 Å². The zero-order chi connectivity index (χ0) is 16.0. The van der Waals surface area contributed by atoms with Crippen molar-refractivity contribution in [3.8, 4) is 0 Å². The zero-order valence-electron chi connectivity index (χ0n) is 13.9. The fourth-order valence-corrected chi connectivity index (χ4v) is 2.67. The Morgan fingerprint density at radius 1 is 1.09 bits per heavy atom. The topological polar surface area (TPSA) is 61.4 Å². The second-order valence-electron chi connectivity index (χ2n) is 5.99. The number of unbranched alkanes of at least 4 members (excludes halogenated alkanes) is 5. The Morgan fingerprint density at radius 3 is 2.68 bits per heavy atom. The first-order valence-electron chi connectivity index (χ1n) is 8.74. The van der Waals surface area contributed by atoms with Crippen LogP contribution in [0.3, 0.4) is 0 Å². The molecule has 1 saturated heterocycles. The summed E-state index contributed by atoms with van der Waals surface area (Å²) >= 11 is 0. The molecular formula is C18H32N2O2. The summed E-state index contributed by atoms with van der Waals surface area (Å²) in [5, 5.41) is 15.5. The Bertz CT molecular complexity index is 353. The van der Waals surface area contributed by atoms with E-state index in [1.54, 1.807) is 0 Å². The highest BCUT2D eigenvalue weighted by molar-refractivity contribution is 5.66. The van der Waals surface area contributed by atoms with Gasteiger partial charge < -0.3 is 5.11 Å². The molecule has 0 amide bonds. The Hall–Kier alpha value is -1.13. The van der Waals surface area contributed by atoms with Gasteiger partial charge in [0.15, 0.2) is 0 Å². The van der Waals surface area contributed by atoms with E-state index in [1.165, 1.54) is 32.1 Å². The molecule has 0 spiro atoms. The molecule has 0 aromatic heterocycles. The smallest absolute Gasteiger partial charge is 0.303 e. The van der Waals surface area contributed by atoms with E-state index in [9.17, 15) is 4.79 Å². The monoisotopic (exact) mass is 308 g/mol. The summed E-state index contributed by atoms with van der Waals surface area (Å²) in [5.74, 6) is -0.709. The third-order valence-electron chi connectivity index (χ3n) is 4.02. The average Bonchev–Trinajstić information content (AvgIpc) is 2.93. The van der Waals surface area contributed by atoms with Crippen LogP contribution >= 0.6 is 0 Å². The van der Waals surface area contributed by atoms with Crippen LogP contribution in [-0.2, 0) is 4.79 Å². The molecule has 1 aliphatic rings. The fourth-order valence-electron chi connectivity index (χ4n) is 2.67. The van der Waals surface area contributed by atoms with Crippen molar-refractivity contribution in [3.63, 3.8) is 0 Å². The van der Waals surface area contributed by atoms with E-state index < -0.39 is 5.97 Å². The molecule has 1 heterocycles. The van der Waals surface area contributed by atoms with Gasteiger partial charge in [-0.1, -0.05) is 50.5 Å². The fraction of sp³-hybridized carbons (Fsp3) is 0.722. The van der Waals surface area contributed by atoms with Crippen molar-refractivity contribution in [2.45, 2.75) is 76.8 Å². The maximum Gasteiger partial charge on any atom is 0.303 e. The van der Waals surface area contributed by atoms with E-state index in [0.29, 0.717) is 12.1 Å². The number of hydrogen-bond donors (Lipinski definition) is 3. The first kappa shape index (κ1) is 18.9. The molecule has 2 atom stereocenters. The molecule has 0 aromatic carbocycles. The summed E-state index contributed by atoms with van der Waals surface area (Å²) in [4.78, 5) is 10.4. The lowest BCUT2D eigenvalue weighted by Gasteiger charge is -2.13. The summed E-state index contributed by atoms with van der Waals surface area (Å²) in [7, 11) is 0. The van der Waals surface area contributed by atoms with Crippen LogP contribution in [0.5, 0.6) is 0 Å². The predicted octanol–water partition coefficient (Wildman–Crippen LogP) is 3.60. The van der Waals surface area contributed by atoms with Gasteiger partial charge in [0.2, 0.25) is 0 Å². The van der Waals surface area contributed by atoms with E-state index in [4.69, 9.17) is 5.11 Å². The van der Waals surface area contributed by atoms with Crippen LogP contribution in [-0.4, -0.2) is 29.8 Å². The molecule has 0 bridgehead atoms. The number of hydrogen-bond acceptors (Lipinski definition) is 3. The lowest BCUT2D eigenvalue weighted by Crippen LogP contribution is -2.31. The number of nitrogens with one attached hydrogen (secondary N) is 2. The van der Waals surface area contributed by atoms with Gasteiger partial charge in [-0.3, -0.25) is 15.4 Å². The van der Waals surface area contributed by atoms with Crippen molar-refractivity contribution in [2.24, 2.45) is 0 Å². The largest absolute Gasteiger partial charge is 0.481 e. The first-order chi connectivity index (χ1) is 10.7. The molecule has 4 nitrogen and oxygen atoms in total. The number of carbonyl (C=O) groups is 1. The lowest BCUT2D eigenvalue weighted by atomic mass is 10.0. The van der Waals surface area contributed by atoms with Gasteiger partial charge in [0.25, 0.3) is 0 Å². The molecule has 0 aromatic rings. The van der Waals surface area contributed by atoms with E-state index >= 15 is 0 Å². The summed E-state index contributed by atoms with van der Waals surface area (Å²) in [5.41, 5.74) is 0. The van der Waals surface area contributed by atoms with Crippen molar-refractivity contribution >= 4 is 5.97 Å². The highest BCUT2D eigenvalue weighted by Crippen LogP contribution is 2.10. The van der Waals surface area contributed by atoms with Gasteiger partial charge in [-0.25, -0.2) is 0 Å². The summed E-state index contributed by atoms with van der Waals surface area (Å²) in [6.45, 7) is 3.10. The number of rotatable bonds is 12. The van der Waals surface area contributed by atoms with Crippen molar-refractivity contribution in [1.82, 2.24) is 10.6 Å². The first-order valence-corrected chi connectivity index (χ1v) is 8.74. The molecule has 4 heteroatoms. The molecule has 3 N–H and O–H groups in total. The Kier molecular flexibility index (Phi) is 10.7. The van der Waals surface area contributed by atoms with Crippen LogP contribution in [0.4, 0.5) is 0 Å². The molecule has 0 aliphatic carbocycles. The van der Waals surface area contributed by atoms with Crippen LogP contribution in [0, 0.1) is 0 Å². The van der Waals surface area contributed by atoms with E-state index in [1.807, 2.05) is 0 Å². The molecule has 1 aliphatic heterocycles.